The summed E-state index contributed by atoms with van der Waals surface area (Å²) in [5.74, 6) is 0.699. The van der Waals surface area contributed by atoms with E-state index in [9.17, 15) is 18.0 Å². The Morgan fingerprint density at radius 3 is 2.65 bits per heavy atom. The van der Waals surface area contributed by atoms with E-state index in [1.165, 1.54) is 0 Å². The first-order valence-electron chi connectivity index (χ1n) is 6.61. The number of halogens is 3. The molecule has 5 nitrogen and oxygen atoms in total. The number of aryl methyl sites for hydroxylation is 1. The molecule has 1 aliphatic rings. The minimum Gasteiger partial charge on any atom is -0.333 e. The number of hydrogen-bond acceptors (Lipinski definition) is 3. The molecule has 2 rings (SSSR count). The van der Waals surface area contributed by atoms with Gasteiger partial charge in [0, 0.05) is 13.0 Å². The largest absolute Gasteiger partial charge is 0.389 e. The highest BCUT2D eigenvalue weighted by Gasteiger charge is 2.34. The van der Waals surface area contributed by atoms with Crippen LogP contribution in [0.3, 0.4) is 0 Å². The van der Waals surface area contributed by atoms with E-state index >= 15 is 0 Å². The van der Waals surface area contributed by atoms with Crippen molar-refractivity contribution in [2.24, 2.45) is 0 Å². The summed E-state index contributed by atoms with van der Waals surface area (Å²) in [5.41, 5.74) is 0. The zero-order chi connectivity index (χ0) is 14.9. The molecule has 0 spiro atoms. The van der Waals surface area contributed by atoms with Crippen LogP contribution in [-0.4, -0.2) is 38.3 Å². The van der Waals surface area contributed by atoms with Crippen LogP contribution in [0.5, 0.6) is 0 Å². The molecule has 0 saturated heterocycles. The van der Waals surface area contributed by atoms with Crippen molar-refractivity contribution in [1.29, 1.82) is 0 Å². The second kappa shape index (κ2) is 5.41. The normalized spacial score (nSPS) is 19.4. The number of amides is 1. The smallest absolute Gasteiger partial charge is 0.333 e. The Labute approximate surface area is 114 Å². The van der Waals surface area contributed by atoms with Gasteiger partial charge in [-0.2, -0.15) is 13.2 Å². The highest BCUT2D eigenvalue weighted by atomic mass is 19.4. The van der Waals surface area contributed by atoms with E-state index in [-0.39, 0.29) is 18.2 Å². The minimum atomic E-state index is -4.23. The molecule has 20 heavy (non-hydrogen) atoms. The number of rotatable bonds is 4. The summed E-state index contributed by atoms with van der Waals surface area (Å²) in [4.78, 5) is 13.8. The fourth-order valence-electron chi connectivity index (χ4n) is 2.42. The van der Waals surface area contributed by atoms with Gasteiger partial charge in [0.1, 0.15) is 11.9 Å². The van der Waals surface area contributed by atoms with Gasteiger partial charge in [-0.3, -0.25) is 4.79 Å². The van der Waals surface area contributed by atoms with Crippen molar-refractivity contribution in [2.45, 2.75) is 51.9 Å². The van der Waals surface area contributed by atoms with E-state index < -0.39 is 18.6 Å². The van der Waals surface area contributed by atoms with E-state index in [0.717, 1.165) is 6.42 Å². The molecule has 0 radical (unpaired) electrons. The minimum absolute atomic E-state index is 0.0904. The third-order valence-corrected chi connectivity index (χ3v) is 3.35. The van der Waals surface area contributed by atoms with Crippen LogP contribution in [0.4, 0.5) is 13.2 Å². The molecule has 112 valence electrons. The van der Waals surface area contributed by atoms with E-state index in [4.69, 9.17) is 0 Å². The summed E-state index contributed by atoms with van der Waals surface area (Å²) in [6, 6.07) is -0.538. The molecule has 0 N–H and O–H groups in total. The van der Waals surface area contributed by atoms with Gasteiger partial charge in [0.25, 0.3) is 0 Å². The van der Waals surface area contributed by atoms with Crippen molar-refractivity contribution in [3.63, 3.8) is 0 Å². The monoisotopic (exact) mass is 290 g/mol. The number of carbonyl (C=O) groups is 1. The van der Waals surface area contributed by atoms with Gasteiger partial charge in [0.05, 0.1) is 13.0 Å². The Kier molecular flexibility index (Phi) is 4.01. The molecule has 0 unspecified atom stereocenters. The molecule has 0 bridgehead atoms. The maximum absolute atomic E-state index is 12.3. The van der Waals surface area contributed by atoms with Gasteiger partial charge in [-0.05, 0) is 13.3 Å². The number of fused-ring (bicyclic) bond motifs is 1. The van der Waals surface area contributed by atoms with Crippen LogP contribution < -0.4 is 0 Å². The summed E-state index contributed by atoms with van der Waals surface area (Å²) < 4.78 is 38.4. The predicted octanol–water partition coefficient (Wildman–Crippen LogP) is 2.09. The molecular formula is C12H17F3N4O. The van der Waals surface area contributed by atoms with Crippen LogP contribution in [0.15, 0.2) is 0 Å². The van der Waals surface area contributed by atoms with E-state index in [1.807, 2.05) is 6.92 Å². The number of carbonyl (C=O) groups excluding carboxylic acids is 1. The van der Waals surface area contributed by atoms with Crippen LogP contribution >= 0.6 is 0 Å². The molecule has 0 fully saturated rings. The highest BCUT2D eigenvalue weighted by Crippen LogP contribution is 2.26. The molecule has 0 saturated carbocycles. The third-order valence-electron chi connectivity index (χ3n) is 3.35. The van der Waals surface area contributed by atoms with Gasteiger partial charge in [-0.1, -0.05) is 6.92 Å². The van der Waals surface area contributed by atoms with E-state index in [0.29, 0.717) is 18.9 Å². The second-order valence-corrected chi connectivity index (χ2v) is 4.95. The second-order valence-electron chi connectivity index (χ2n) is 4.95. The Hall–Kier alpha value is -1.60. The fraction of sp³-hybridized carbons (Fsp3) is 0.750. The van der Waals surface area contributed by atoms with Crippen LogP contribution in [-0.2, 0) is 17.8 Å². The van der Waals surface area contributed by atoms with Crippen molar-refractivity contribution in [3.8, 4) is 0 Å². The summed E-state index contributed by atoms with van der Waals surface area (Å²) in [5, 5.41) is 7.74. The average molecular weight is 290 g/mol. The first kappa shape index (κ1) is 14.8. The average Bonchev–Trinajstić information content (AvgIpc) is 2.76. The topological polar surface area (TPSA) is 51.0 Å². The maximum atomic E-state index is 12.3. The maximum Gasteiger partial charge on any atom is 0.389 e. The van der Waals surface area contributed by atoms with Gasteiger partial charge in [-0.25, -0.2) is 0 Å². The van der Waals surface area contributed by atoms with Crippen molar-refractivity contribution < 1.29 is 18.0 Å². The number of aromatic nitrogens is 3. The van der Waals surface area contributed by atoms with Crippen molar-refractivity contribution >= 4 is 5.91 Å². The first-order chi connectivity index (χ1) is 9.33. The molecular weight excluding hydrogens is 273 g/mol. The lowest BCUT2D eigenvalue weighted by Gasteiger charge is -2.31. The van der Waals surface area contributed by atoms with Gasteiger partial charge >= 0.3 is 6.18 Å². The number of nitrogens with zero attached hydrogens (tertiary/aromatic N) is 4. The Balaban J connectivity index is 2.20. The number of alkyl halides is 3. The van der Waals surface area contributed by atoms with Crippen molar-refractivity contribution in [2.75, 3.05) is 6.54 Å². The molecule has 8 heteroatoms. The molecule has 2 heterocycles. The quantitative estimate of drug-likeness (QED) is 0.853. The summed E-state index contributed by atoms with van der Waals surface area (Å²) >= 11 is 0. The lowest BCUT2D eigenvalue weighted by molar-refractivity contribution is -0.137. The van der Waals surface area contributed by atoms with Crippen molar-refractivity contribution in [1.82, 2.24) is 19.7 Å². The molecule has 1 amide bonds. The van der Waals surface area contributed by atoms with Gasteiger partial charge < -0.3 is 9.47 Å². The third kappa shape index (κ3) is 2.94. The Morgan fingerprint density at radius 2 is 2.05 bits per heavy atom. The van der Waals surface area contributed by atoms with Gasteiger partial charge in [0.2, 0.25) is 5.91 Å². The summed E-state index contributed by atoms with van der Waals surface area (Å²) in [6.07, 6.45) is -4.61. The van der Waals surface area contributed by atoms with Crippen LogP contribution in [0.2, 0.25) is 0 Å². The zero-order valence-electron chi connectivity index (χ0n) is 11.4. The molecule has 1 aliphatic heterocycles. The molecule has 0 aromatic carbocycles. The lowest BCUT2D eigenvalue weighted by atomic mass is 10.2. The highest BCUT2D eigenvalue weighted by molar-refractivity contribution is 5.81. The summed E-state index contributed by atoms with van der Waals surface area (Å²) in [6.45, 7) is 4.57. The Morgan fingerprint density at radius 1 is 1.35 bits per heavy atom. The van der Waals surface area contributed by atoms with E-state index in [1.54, 1.807) is 16.4 Å². The van der Waals surface area contributed by atoms with Gasteiger partial charge in [0.15, 0.2) is 5.82 Å². The standard InChI is InChI=1S/C12H17F3N4O/c1-3-6-18-7-10-17-16-9(4-5-12(13,14)15)19(10)8(2)11(18)20/h8H,3-7H2,1-2H3/t8-/m0/s1. The molecule has 1 aromatic rings. The lowest BCUT2D eigenvalue weighted by Crippen LogP contribution is -2.42. The van der Waals surface area contributed by atoms with Crippen molar-refractivity contribution in [3.05, 3.63) is 11.6 Å². The summed E-state index contributed by atoms with van der Waals surface area (Å²) in [7, 11) is 0. The molecule has 1 aromatic heterocycles. The van der Waals surface area contributed by atoms with Gasteiger partial charge in [-0.15, -0.1) is 10.2 Å². The SMILES string of the molecule is CCCN1Cc2nnc(CCC(F)(F)F)n2[C@@H](C)C1=O. The fourth-order valence-corrected chi connectivity index (χ4v) is 2.42. The Bertz CT molecular complexity index is 497. The number of hydrogen-bond donors (Lipinski definition) is 0. The van der Waals surface area contributed by atoms with Crippen LogP contribution in [0.1, 0.15) is 44.4 Å². The van der Waals surface area contributed by atoms with Crippen LogP contribution in [0, 0.1) is 0 Å². The van der Waals surface area contributed by atoms with Crippen LogP contribution in [0.25, 0.3) is 0 Å². The van der Waals surface area contributed by atoms with E-state index in [2.05, 4.69) is 10.2 Å². The first-order valence-corrected chi connectivity index (χ1v) is 6.61. The molecule has 1 atom stereocenters. The molecule has 0 aliphatic carbocycles. The predicted molar refractivity (Wildman–Crippen MR) is 64.8 cm³/mol. The zero-order valence-corrected chi connectivity index (χ0v) is 11.4.